The van der Waals surface area contributed by atoms with Crippen molar-refractivity contribution >= 4 is 11.7 Å². The predicted molar refractivity (Wildman–Crippen MR) is 103 cm³/mol. The Balaban J connectivity index is 1.45. The van der Waals surface area contributed by atoms with Crippen molar-refractivity contribution in [1.82, 2.24) is 14.8 Å². The second kappa shape index (κ2) is 7.23. The number of aromatic nitrogens is 3. The number of rotatable bonds is 5. The van der Waals surface area contributed by atoms with Crippen LogP contribution in [-0.4, -0.2) is 26.8 Å². The zero-order valence-corrected chi connectivity index (χ0v) is 15.5. The summed E-state index contributed by atoms with van der Waals surface area (Å²) < 4.78 is 7.53. The average Bonchev–Trinajstić information content (AvgIpc) is 3.16. The maximum Gasteiger partial charge on any atom is 0.229 e. The third-order valence-corrected chi connectivity index (χ3v) is 4.58. The first-order chi connectivity index (χ1) is 13.1. The Labute approximate surface area is 158 Å². The van der Waals surface area contributed by atoms with Crippen molar-refractivity contribution in [3.8, 4) is 5.75 Å². The van der Waals surface area contributed by atoms with Crippen molar-refractivity contribution in [3.05, 3.63) is 71.2 Å². The highest BCUT2D eigenvalue weighted by atomic mass is 16.5. The van der Waals surface area contributed by atoms with Gasteiger partial charge in [-0.25, -0.2) is 4.68 Å². The highest BCUT2D eigenvalue weighted by Gasteiger charge is 2.19. The number of carbonyl (C=O) groups is 1. The molecular formula is C21H22N4O2. The SMILES string of the molecule is Cc1cc(NC(=O)Cc2ccc3c(c2)C[C@H](C)O3)n(Cc2ccncc2)n1. The minimum atomic E-state index is -0.0576. The summed E-state index contributed by atoms with van der Waals surface area (Å²) >= 11 is 0. The molecule has 2 aromatic heterocycles. The van der Waals surface area contributed by atoms with Gasteiger partial charge in [0.05, 0.1) is 18.7 Å². The van der Waals surface area contributed by atoms with Gasteiger partial charge in [0.1, 0.15) is 17.7 Å². The fourth-order valence-corrected chi connectivity index (χ4v) is 3.39. The Hall–Kier alpha value is -3.15. The van der Waals surface area contributed by atoms with Crippen molar-refractivity contribution < 1.29 is 9.53 Å². The molecule has 1 atom stereocenters. The molecule has 4 rings (SSSR count). The number of anilines is 1. The van der Waals surface area contributed by atoms with Crippen LogP contribution >= 0.6 is 0 Å². The molecule has 1 N–H and O–H groups in total. The highest BCUT2D eigenvalue weighted by Crippen LogP contribution is 2.29. The van der Waals surface area contributed by atoms with E-state index in [0.717, 1.165) is 29.0 Å². The van der Waals surface area contributed by atoms with E-state index in [0.29, 0.717) is 18.8 Å². The Morgan fingerprint density at radius 3 is 2.85 bits per heavy atom. The number of pyridine rings is 1. The van der Waals surface area contributed by atoms with E-state index in [2.05, 4.69) is 28.4 Å². The fraction of sp³-hybridized carbons (Fsp3) is 0.286. The number of hydrogen-bond donors (Lipinski definition) is 1. The van der Waals surface area contributed by atoms with Gasteiger partial charge in [0.15, 0.2) is 0 Å². The van der Waals surface area contributed by atoms with Crippen LogP contribution in [-0.2, 0) is 24.2 Å². The summed E-state index contributed by atoms with van der Waals surface area (Å²) in [6.07, 6.45) is 4.92. The second-order valence-electron chi connectivity index (χ2n) is 6.98. The Bertz CT molecular complexity index is 966. The van der Waals surface area contributed by atoms with E-state index < -0.39 is 0 Å². The van der Waals surface area contributed by atoms with Crippen LogP contribution in [0.3, 0.4) is 0 Å². The van der Waals surface area contributed by atoms with Gasteiger partial charge in [0.25, 0.3) is 0 Å². The lowest BCUT2D eigenvalue weighted by atomic mass is 10.0. The number of ether oxygens (including phenoxy) is 1. The molecule has 0 aliphatic carbocycles. The van der Waals surface area contributed by atoms with Gasteiger partial charge < -0.3 is 10.1 Å². The molecule has 1 aromatic carbocycles. The minimum Gasteiger partial charge on any atom is -0.490 e. The zero-order chi connectivity index (χ0) is 18.8. The van der Waals surface area contributed by atoms with Crippen LogP contribution in [0.5, 0.6) is 5.75 Å². The normalized spacial score (nSPS) is 15.3. The summed E-state index contributed by atoms with van der Waals surface area (Å²) in [7, 11) is 0. The lowest BCUT2D eigenvalue weighted by Gasteiger charge is -2.09. The van der Waals surface area contributed by atoms with Crippen LogP contribution in [0.1, 0.15) is 29.3 Å². The number of carbonyl (C=O) groups excluding carboxylic acids is 1. The van der Waals surface area contributed by atoms with E-state index in [4.69, 9.17) is 4.74 Å². The molecule has 1 amide bonds. The molecule has 0 bridgehead atoms. The third-order valence-electron chi connectivity index (χ3n) is 4.58. The zero-order valence-electron chi connectivity index (χ0n) is 15.5. The van der Waals surface area contributed by atoms with Gasteiger partial charge in [-0.3, -0.25) is 9.78 Å². The van der Waals surface area contributed by atoms with Gasteiger partial charge in [-0.2, -0.15) is 5.10 Å². The Morgan fingerprint density at radius 1 is 1.22 bits per heavy atom. The molecule has 0 fully saturated rings. The maximum absolute atomic E-state index is 12.6. The van der Waals surface area contributed by atoms with E-state index in [-0.39, 0.29) is 12.0 Å². The predicted octanol–water partition coefficient (Wildman–Crippen LogP) is 3.14. The molecule has 3 aromatic rings. The van der Waals surface area contributed by atoms with Crippen LogP contribution in [0.4, 0.5) is 5.82 Å². The first kappa shape index (κ1) is 17.3. The van der Waals surface area contributed by atoms with Gasteiger partial charge in [-0.1, -0.05) is 12.1 Å². The number of benzene rings is 1. The number of nitrogens with one attached hydrogen (secondary N) is 1. The third kappa shape index (κ3) is 4.00. The van der Waals surface area contributed by atoms with Crippen molar-refractivity contribution in [1.29, 1.82) is 0 Å². The van der Waals surface area contributed by atoms with Crippen LogP contribution in [0, 0.1) is 6.92 Å². The molecule has 1 aliphatic heterocycles. The highest BCUT2D eigenvalue weighted by molar-refractivity contribution is 5.91. The monoisotopic (exact) mass is 362 g/mol. The molecule has 3 heterocycles. The van der Waals surface area contributed by atoms with Gasteiger partial charge in [-0.15, -0.1) is 0 Å². The number of hydrogen-bond acceptors (Lipinski definition) is 4. The van der Waals surface area contributed by atoms with E-state index in [9.17, 15) is 4.79 Å². The summed E-state index contributed by atoms with van der Waals surface area (Å²) in [5, 5.41) is 7.48. The maximum atomic E-state index is 12.6. The van der Waals surface area contributed by atoms with E-state index >= 15 is 0 Å². The number of aryl methyl sites for hydroxylation is 1. The summed E-state index contributed by atoms with van der Waals surface area (Å²) in [5.41, 5.74) is 4.10. The molecule has 0 saturated carbocycles. The van der Waals surface area contributed by atoms with Crippen LogP contribution < -0.4 is 10.1 Å². The van der Waals surface area contributed by atoms with Crippen molar-refractivity contribution in [3.63, 3.8) is 0 Å². The molecule has 138 valence electrons. The smallest absolute Gasteiger partial charge is 0.229 e. The molecular weight excluding hydrogens is 340 g/mol. The molecule has 6 nitrogen and oxygen atoms in total. The van der Waals surface area contributed by atoms with Crippen molar-refractivity contribution in [2.24, 2.45) is 0 Å². The topological polar surface area (TPSA) is 69.0 Å². The number of amides is 1. The van der Waals surface area contributed by atoms with Crippen molar-refractivity contribution in [2.75, 3.05) is 5.32 Å². The lowest BCUT2D eigenvalue weighted by Crippen LogP contribution is -2.18. The van der Waals surface area contributed by atoms with Gasteiger partial charge in [0.2, 0.25) is 5.91 Å². The Morgan fingerprint density at radius 2 is 2.04 bits per heavy atom. The molecule has 6 heteroatoms. The van der Waals surface area contributed by atoms with Crippen LogP contribution in [0.15, 0.2) is 48.8 Å². The largest absolute Gasteiger partial charge is 0.490 e. The van der Waals surface area contributed by atoms with Crippen LogP contribution in [0.25, 0.3) is 0 Å². The van der Waals surface area contributed by atoms with Gasteiger partial charge in [-0.05, 0) is 48.7 Å². The summed E-state index contributed by atoms with van der Waals surface area (Å²) in [4.78, 5) is 16.6. The quantitative estimate of drug-likeness (QED) is 0.757. The van der Waals surface area contributed by atoms with Gasteiger partial charge >= 0.3 is 0 Å². The van der Waals surface area contributed by atoms with E-state index in [1.54, 1.807) is 17.1 Å². The van der Waals surface area contributed by atoms with Crippen molar-refractivity contribution in [2.45, 2.75) is 39.3 Å². The molecule has 0 radical (unpaired) electrons. The fourth-order valence-electron chi connectivity index (χ4n) is 3.39. The lowest BCUT2D eigenvalue weighted by molar-refractivity contribution is -0.115. The van der Waals surface area contributed by atoms with Crippen LogP contribution in [0.2, 0.25) is 0 Å². The summed E-state index contributed by atoms with van der Waals surface area (Å²) in [6, 6.07) is 11.7. The number of nitrogens with zero attached hydrogens (tertiary/aromatic N) is 3. The summed E-state index contributed by atoms with van der Waals surface area (Å²) in [6.45, 7) is 4.55. The molecule has 27 heavy (non-hydrogen) atoms. The average molecular weight is 362 g/mol. The van der Waals surface area contributed by atoms with E-state index in [1.807, 2.05) is 37.3 Å². The number of fused-ring (bicyclic) bond motifs is 1. The summed E-state index contributed by atoms with van der Waals surface area (Å²) in [5.74, 6) is 1.57. The Kier molecular flexibility index (Phi) is 4.62. The second-order valence-corrected chi connectivity index (χ2v) is 6.98. The molecule has 0 spiro atoms. The van der Waals surface area contributed by atoms with E-state index in [1.165, 1.54) is 5.56 Å². The first-order valence-electron chi connectivity index (χ1n) is 9.08. The first-order valence-corrected chi connectivity index (χ1v) is 9.08. The molecule has 0 unspecified atom stereocenters. The molecule has 1 aliphatic rings. The van der Waals surface area contributed by atoms with Gasteiger partial charge in [0, 0.05) is 24.9 Å². The minimum absolute atomic E-state index is 0.0576. The molecule has 0 saturated heterocycles. The standard InChI is InChI=1S/C21H22N4O2/c1-14-9-20(25(24-14)13-16-5-7-22-8-6-16)23-21(26)12-17-3-4-19-18(11-17)10-15(2)27-19/h3-9,11,15H,10,12-13H2,1-2H3,(H,23,26)/t15-/m0/s1.